The van der Waals surface area contributed by atoms with Crippen LogP contribution in [0, 0.1) is 0 Å². The van der Waals surface area contributed by atoms with Crippen LogP contribution in [0.2, 0.25) is 10.0 Å². The summed E-state index contributed by atoms with van der Waals surface area (Å²) in [5.41, 5.74) is 2.00. The second kappa shape index (κ2) is 12.3. The summed E-state index contributed by atoms with van der Waals surface area (Å²) in [6, 6.07) is 21.6. The summed E-state index contributed by atoms with van der Waals surface area (Å²) in [6.45, 7) is 2.57. The maximum absolute atomic E-state index is 13.4. The lowest BCUT2D eigenvalue weighted by atomic mass is 10.1. The number of hydrogen-bond donors (Lipinski definition) is 0. The van der Waals surface area contributed by atoms with E-state index in [0.717, 1.165) is 24.3 Å². The number of anilines is 1. The lowest BCUT2D eigenvalue weighted by Gasteiger charge is -2.27. The molecule has 1 aliphatic heterocycles. The van der Waals surface area contributed by atoms with Gasteiger partial charge in [-0.05, 0) is 61.0 Å². The molecule has 0 N–H and O–H groups in total. The highest BCUT2D eigenvalue weighted by Gasteiger charge is 2.25. The number of furan rings is 1. The first-order valence-corrected chi connectivity index (χ1v) is 13.4. The Kier molecular flexibility index (Phi) is 8.44. The number of halogens is 2. The molecule has 2 aromatic heterocycles. The van der Waals surface area contributed by atoms with Crippen LogP contribution in [-0.4, -0.2) is 64.5 Å². The molecule has 1 fully saturated rings. The molecular formula is C29H27Cl2N5O3. The first-order valence-electron chi connectivity index (χ1n) is 12.7. The summed E-state index contributed by atoms with van der Waals surface area (Å²) in [6.07, 6.45) is 2.32. The lowest BCUT2D eigenvalue weighted by Crippen LogP contribution is -2.44. The van der Waals surface area contributed by atoms with E-state index >= 15 is 0 Å². The minimum absolute atomic E-state index is 0.0610. The minimum atomic E-state index is -0.262. The molecule has 0 radical (unpaired) electrons. The number of amides is 2. The van der Waals surface area contributed by atoms with Crippen LogP contribution in [0.3, 0.4) is 0 Å². The van der Waals surface area contributed by atoms with Gasteiger partial charge < -0.3 is 19.1 Å². The Hall–Kier alpha value is -3.88. The summed E-state index contributed by atoms with van der Waals surface area (Å²) in [7, 11) is 0. The molecule has 0 atom stereocenters. The summed E-state index contributed by atoms with van der Waals surface area (Å²) >= 11 is 12.3. The lowest BCUT2D eigenvalue weighted by molar-refractivity contribution is -0.131. The van der Waals surface area contributed by atoms with Crippen LogP contribution in [0.25, 0.3) is 11.3 Å². The van der Waals surface area contributed by atoms with Crippen molar-refractivity contribution in [1.82, 2.24) is 20.0 Å². The molecule has 0 saturated carbocycles. The van der Waals surface area contributed by atoms with Crippen molar-refractivity contribution in [3.05, 3.63) is 100 Å². The molecule has 2 aromatic carbocycles. The van der Waals surface area contributed by atoms with Gasteiger partial charge in [0.25, 0.3) is 5.91 Å². The van der Waals surface area contributed by atoms with Crippen LogP contribution >= 0.6 is 23.2 Å². The Morgan fingerprint density at radius 1 is 0.872 bits per heavy atom. The average Bonchev–Trinajstić information content (AvgIpc) is 3.34. The number of rotatable bonds is 7. The predicted octanol–water partition coefficient (Wildman–Crippen LogP) is 5.42. The summed E-state index contributed by atoms with van der Waals surface area (Å²) in [5.74, 6) is 0.969. The first-order chi connectivity index (χ1) is 19.0. The van der Waals surface area contributed by atoms with Crippen molar-refractivity contribution in [3.63, 3.8) is 0 Å². The number of benzene rings is 2. The normalized spacial score (nSPS) is 13.7. The third-order valence-corrected chi connectivity index (χ3v) is 7.19. The van der Waals surface area contributed by atoms with Gasteiger partial charge in [0.1, 0.15) is 12.3 Å². The topological polar surface area (TPSA) is 82.8 Å². The molecular weight excluding hydrogens is 537 g/mol. The molecule has 10 heteroatoms. The highest BCUT2D eigenvalue weighted by atomic mass is 35.5. The maximum Gasteiger partial charge on any atom is 0.254 e. The second-order valence-corrected chi connectivity index (χ2v) is 10.1. The number of aromatic nitrogens is 2. The van der Waals surface area contributed by atoms with Gasteiger partial charge in [-0.2, -0.15) is 0 Å². The third-order valence-electron chi connectivity index (χ3n) is 6.60. The molecule has 1 saturated heterocycles. The number of nitrogens with zero attached hydrogens (tertiary/aromatic N) is 5. The van der Waals surface area contributed by atoms with Crippen LogP contribution in [0.4, 0.5) is 5.82 Å². The summed E-state index contributed by atoms with van der Waals surface area (Å²) in [4.78, 5) is 32.1. The van der Waals surface area contributed by atoms with E-state index in [1.807, 2.05) is 36.4 Å². The van der Waals surface area contributed by atoms with E-state index in [4.69, 9.17) is 27.6 Å². The third kappa shape index (κ3) is 6.58. The van der Waals surface area contributed by atoms with Crippen LogP contribution in [0.5, 0.6) is 0 Å². The molecule has 4 aromatic rings. The minimum Gasteiger partial charge on any atom is -0.467 e. The van der Waals surface area contributed by atoms with Gasteiger partial charge in [-0.1, -0.05) is 41.4 Å². The fourth-order valence-corrected chi connectivity index (χ4v) is 4.89. The van der Waals surface area contributed by atoms with Crippen molar-refractivity contribution < 1.29 is 14.0 Å². The van der Waals surface area contributed by atoms with Gasteiger partial charge in [0.2, 0.25) is 5.91 Å². The van der Waals surface area contributed by atoms with Gasteiger partial charge in [0, 0.05) is 42.3 Å². The quantitative estimate of drug-likeness (QED) is 0.298. The van der Waals surface area contributed by atoms with Crippen LogP contribution in [-0.2, 0) is 11.3 Å². The monoisotopic (exact) mass is 563 g/mol. The van der Waals surface area contributed by atoms with Crippen LogP contribution in [0.15, 0.2) is 83.5 Å². The van der Waals surface area contributed by atoms with Gasteiger partial charge in [0.05, 0.1) is 23.5 Å². The van der Waals surface area contributed by atoms with E-state index < -0.39 is 0 Å². The van der Waals surface area contributed by atoms with Crippen molar-refractivity contribution >= 4 is 40.8 Å². The van der Waals surface area contributed by atoms with E-state index in [0.29, 0.717) is 46.7 Å². The Labute approximate surface area is 236 Å². The number of carbonyl (C=O) groups is 2. The average molecular weight is 564 g/mol. The molecule has 0 unspecified atom stereocenters. The van der Waals surface area contributed by atoms with Gasteiger partial charge in [-0.25, -0.2) is 0 Å². The highest BCUT2D eigenvalue weighted by Crippen LogP contribution is 2.26. The van der Waals surface area contributed by atoms with Gasteiger partial charge in [-0.15, -0.1) is 10.2 Å². The first kappa shape index (κ1) is 26.7. The SMILES string of the molecule is O=C(CN(Cc1ccco1)C(=O)c1ccc(Cl)cc1)N1CCCN(c2ccc(-c3ccccc3Cl)nn2)CC1. The molecule has 0 spiro atoms. The summed E-state index contributed by atoms with van der Waals surface area (Å²) in [5, 5.41) is 9.97. The number of hydrogen-bond acceptors (Lipinski definition) is 6. The zero-order chi connectivity index (χ0) is 27.2. The van der Waals surface area contributed by atoms with E-state index in [-0.39, 0.29) is 24.9 Å². The molecule has 200 valence electrons. The Morgan fingerprint density at radius 2 is 1.69 bits per heavy atom. The van der Waals surface area contributed by atoms with Crippen molar-refractivity contribution in [2.45, 2.75) is 13.0 Å². The van der Waals surface area contributed by atoms with Crippen molar-refractivity contribution in [2.75, 3.05) is 37.6 Å². The second-order valence-electron chi connectivity index (χ2n) is 9.23. The molecule has 8 nitrogen and oxygen atoms in total. The fraction of sp³-hybridized carbons (Fsp3) is 0.241. The van der Waals surface area contributed by atoms with E-state index in [9.17, 15) is 9.59 Å². The number of carbonyl (C=O) groups excluding carboxylic acids is 2. The van der Waals surface area contributed by atoms with E-state index in [1.165, 1.54) is 4.90 Å². The fourth-order valence-electron chi connectivity index (χ4n) is 4.53. The Bertz CT molecular complexity index is 1410. The van der Waals surface area contributed by atoms with Gasteiger partial charge in [-0.3, -0.25) is 9.59 Å². The van der Waals surface area contributed by atoms with Crippen LogP contribution in [0.1, 0.15) is 22.5 Å². The van der Waals surface area contributed by atoms with Crippen molar-refractivity contribution in [3.8, 4) is 11.3 Å². The smallest absolute Gasteiger partial charge is 0.254 e. The Balaban J connectivity index is 1.24. The van der Waals surface area contributed by atoms with E-state index in [1.54, 1.807) is 47.6 Å². The molecule has 5 rings (SSSR count). The molecule has 39 heavy (non-hydrogen) atoms. The molecule has 0 aliphatic carbocycles. The molecule has 1 aliphatic rings. The zero-order valence-corrected chi connectivity index (χ0v) is 22.7. The van der Waals surface area contributed by atoms with Crippen molar-refractivity contribution in [2.24, 2.45) is 0 Å². The summed E-state index contributed by atoms with van der Waals surface area (Å²) < 4.78 is 5.46. The van der Waals surface area contributed by atoms with Crippen LogP contribution < -0.4 is 4.90 Å². The highest BCUT2D eigenvalue weighted by molar-refractivity contribution is 6.33. The predicted molar refractivity (Wildman–Crippen MR) is 151 cm³/mol. The van der Waals surface area contributed by atoms with Gasteiger partial charge >= 0.3 is 0 Å². The molecule has 3 heterocycles. The molecule has 2 amide bonds. The standard InChI is InChI=1S/C29H27Cl2N5O3/c30-22-10-8-21(9-11-22)29(38)36(19-23-5-3-18-39-23)20-28(37)35-15-4-14-34(16-17-35)27-13-12-26(32-33-27)24-6-1-2-7-25(24)31/h1-3,5-13,18H,4,14-17,19-20H2. The van der Waals surface area contributed by atoms with Gasteiger partial charge in [0.15, 0.2) is 5.82 Å². The van der Waals surface area contributed by atoms with Crippen molar-refractivity contribution in [1.29, 1.82) is 0 Å². The maximum atomic E-state index is 13.4. The largest absolute Gasteiger partial charge is 0.467 e. The Morgan fingerprint density at radius 3 is 2.41 bits per heavy atom. The zero-order valence-electron chi connectivity index (χ0n) is 21.2. The molecule has 0 bridgehead atoms. The van der Waals surface area contributed by atoms with E-state index in [2.05, 4.69) is 15.1 Å².